The number of nitrogens with zero attached hydrogens (tertiary/aromatic N) is 1. The van der Waals surface area contributed by atoms with E-state index in [2.05, 4.69) is 4.98 Å². The summed E-state index contributed by atoms with van der Waals surface area (Å²) >= 11 is 1.66. The van der Waals surface area contributed by atoms with E-state index in [-0.39, 0.29) is 12.4 Å². The zero-order chi connectivity index (χ0) is 19.1. The van der Waals surface area contributed by atoms with Crippen molar-refractivity contribution >= 4 is 33.7 Å². The third-order valence-electron chi connectivity index (χ3n) is 5.21. The van der Waals surface area contributed by atoms with Crippen molar-refractivity contribution in [1.29, 1.82) is 0 Å². The topological polar surface area (TPSA) is 73.4 Å². The van der Waals surface area contributed by atoms with Gasteiger partial charge in [-0.1, -0.05) is 12.5 Å². The number of hydrogen-bond donors (Lipinski definition) is 1. The summed E-state index contributed by atoms with van der Waals surface area (Å²) in [6.45, 7) is 0.188. The quantitative estimate of drug-likeness (QED) is 0.673. The predicted octanol–water partition coefficient (Wildman–Crippen LogP) is 4.16. The summed E-state index contributed by atoms with van der Waals surface area (Å²) in [5.41, 5.74) is 2.04. The fourth-order valence-corrected chi connectivity index (χ4v) is 5.13. The minimum Gasteiger partial charge on any atom is -0.493 e. The maximum atomic E-state index is 12.7. The number of rotatable bonds is 3. The van der Waals surface area contributed by atoms with Crippen LogP contribution in [0.15, 0.2) is 16.9 Å². The van der Waals surface area contributed by atoms with Gasteiger partial charge >= 0.3 is 0 Å². The van der Waals surface area contributed by atoms with E-state index in [0.29, 0.717) is 23.1 Å². The molecule has 0 amide bonds. The molecule has 6 nitrogen and oxygen atoms in total. The number of methoxy groups -OCH3 is 1. The highest BCUT2D eigenvalue weighted by atomic mass is 32.1. The molecule has 0 bridgehead atoms. The van der Waals surface area contributed by atoms with Crippen LogP contribution in [-0.4, -0.2) is 23.9 Å². The van der Waals surface area contributed by atoms with E-state index >= 15 is 0 Å². The van der Waals surface area contributed by atoms with Crippen molar-refractivity contribution in [2.45, 2.75) is 32.1 Å². The first-order chi connectivity index (χ1) is 13.7. The van der Waals surface area contributed by atoms with Crippen molar-refractivity contribution in [3.8, 4) is 17.2 Å². The molecule has 1 aliphatic heterocycles. The molecule has 2 aromatic heterocycles. The van der Waals surface area contributed by atoms with E-state index in [1.165, 1.54) is 23.3 Å². The lowest BCUT2D eigenvalue weighted by Crippen LogP contribution is -2.10. The van der Waals surface area contributed by atoms with Crippen LogP contribution in [0.4, 0.5) is 0 Å². The number of benzene rings is 1. The smallest absolute Gasteiger partial charge is 0.260 e. The van der Waals surface area contributed by atoms with Gasteiger partial charge in [-0.3, -0.25) is 4.79 Å². The maximum Gasteiger partial charge on any atom is 0.260 e. The van der Waals surface area contributed by atoms with E-state index in [1.54, 1.807) is 18.4 Å². The van der Waals surface area contributed by atoms with Crippen LogP contribution in [0.1, 0.15) is 41.1 Å². The van der Waals surface area contributed by atoms with Crippen LogP contribution in [0.2, 0.25) is 0 Å². The Morgan fingerprint density at radius 3 is 2.96 bits per heavy atom. The maximum absolute atomic E-state index is 12.7. The van der Waals surface area contributed by atoms with Crippen LogP contribution < -0.4 is 19.8 Å². The van der Waals surface area contributed by atoms with Gasteiger partial charge in [-0.2, -0.15) is 0 Å². The second-order valence-electron chi connectivity index (χ2n) is 6.99. The zero-order valence-corrected chi connectivity index (χ0v) is 16.4. The van der Waals surface area contributed by atoms with Crippen molar-refractivity contribution in [2.75, 3.05) is 13.9 Å². The molecule has 1 aliphatic carbocycles. The molecule has 7 heteroatoms. The van der Waals surface area contributed by atoms with Crippen LogP contribution in [0.3, 0.4) is 0 Å². The van der Waals surface area contributed by atoms with Gasteiger partial charge in [-0.05, 0) is 55.0 Å². The highest BCUT2D eigenvalue weighted by Crippen LogP contribution is 2.42. The second kappa shape index (κ2) is 6.98. The Bertz CT molecular complexity index is 1150. The SMILES string of the molecule is COc1cc(/C=C/c2nc3sc4c(c3c(=O)[nH]2)CCCCC4)cc2c1OCO2. The molecule has 144 valence electrons. The molecule has 0 radical (unpaired) electrons. The van der Waals surface area contributed by atoms with Gasteiger partial charge in [0.2, 0.25) is 12.5 Å². The van der Waals surface area contributed by atoms with E-state index < -0.39 is 0 Å². The summed E-state index contributed by atoms with van der Waals surface area (Å²) in [6.07, 6.45) is 9.29. The monoisotopic (exact) mass is 396 g/mol. The number of thiophene rings is 1. The Labute approximate surface area is 165 Å². The number of hydrogen-bond acceptors (Lipinski definition) is 6. The summed E-state index contributed by atoms with van der Waals surface area (Å²) in [7, 11) is 1.60. The predicted molar refractivity (Wildman–Crippen MR) is 110 cm³/mol. The van der Waals surface area contributed by atoms with E-state index in [9.17, 15) is 4.79 Å². The van der Waals surface area contributed by atoms with Gasteiger partial charge in [0.05, 0.1) is 12.5 Å². The molecule has 0 saturated heterocycles. The molecule has 0 fully saturated rings. The zero-order valence-electron chi connectivity index (χ0n) is 15.5. The van der Waals surface area contributed by atoms with Gasteiger partial charge in [0.25, 0.3) is 5.56 Å². The minimum absolute atomic E-state index is 0.0488. The van der Waals surface area contributed by atoms with Gasteiger partial charge < -0.3 is 19.2 Å². The minimum atomic E-state index is -0.0488. The highest BCUT2D eigenvalue weighted by Gasteiger charge is 2.20. The molecule has 3 aromatic rings. The average molecular weight is 396 g/mol. The van der Waals surface area contributed by atoms with Gasteiger partial charge in [-0.25, -0.2) is 4.98 Å². The Balaban J connectivity index is 1.51. The largest absolute Gasteiger partial charge is 0.493 e. The standard InChI is InChI=1S/C21H20N2O4S/c1-25-14-9-12(10-15-19(14)27-11-26-15)7-8-17-22-20(24)18-13-5-3-2-4-6-16(13)28-21(18)23-17/h7-10H,2-6,11H2,1H3,(H,22,23,24)/b8-7+. The van der Waals surface area contributed by atoms with Crippen LogP contribution in [0, 0.1) is 0 Å². The molecule has 3 heterocycles. The summed E-state index contributed by atoms with van der Waals surface area (Å²) in [5.74, 6) is 2.43. The first kappa shape index (κ1) is 17.3. The van der Waals surface area contributed by atoms with E-state index in [0.717, 1.165) is 35.0 Å². The molecule has 2 aliphatic rings. The van der Waals surface area contributed by atoms with Gasteiger partial charge in [0.1, 0.15) is 10.7 Å². The number of aromatic amines is 1. The Morgan fingerprint density at radius 1 is 1.18 bits per heavy atom. The first-order valence-electron chi connectivity index (χ1n) is 9.43. The van der Waals surface area contributed by atoms with E-state index in [1.807, 2.05) is 24.3 Å². The normalized spacial score (nSPS) is 15.8. The van der Waals surface area contributed by atoms with Crippen molar-refractivity contribution in [3.63, 3.8) is 0 Å². The molecular weight excluding hydrogens is 376 g/mol. The molecule has 1 N–H and O–H groups in total. The van der Waals surface area contributed by atoms with Crippen molar-refractivity contribution in [3.05, 3.63) is 44.3 Å². The molecule has 0 saturated carbocycles. The fourth-order valence-electron chi connectivity index (χ4n) is 3.86. The van der Waals surface area contributed by atoms with Gasteiger partial charge in [-0.15, -0.1) is 11.3 Å². The average Bonchev–Trinajstić information content (AvgIpc) is 3.24. The highest BCUT2D eigenvalue weighted by molar-refractivity contribution is 7.18. The number of aryl methyl sites for hydroxylation is 2. The Kier molecular flexibility index (Phi) is 4.31. The van der Waals surface area contributed by atoms with Gasteiger partial charge in [0, 0.05) is 4.88 Å². The summed E-state index contributed by atoms with van der Waals surface area (Å²) in [4.78, 5) is 22.5. The molecule has 0 unspecified atom stereocenters. The lowest BCUT2D eigenvalue weighted by atomic mass is 10.1. The third kappa shape index (κ3) is 2.96. The molecular formula is C21H20N2O4S. The number of ether oxygens (including phenoxy) is 3. The molecule has 1 aromatic carbocycles. The third-order valence-corrected chi connectivity index (χ3v) is 6.39. The van der Waals surface area contributed by atoms with Gasteiger partial charge in [0.15, 0.2) is 11.5 Å². The lowest BCUT2D eigenvalue weighted by molar-refractivity contribution is 0.171. The first-order valence-corrected chi connectivity index (χ1v) is 10.2. The summed E-state index contributed by atoms with van der Waals surface area (Å²) in [5, 5.41) is 0.781. The number of fused-ring (bicyclic) bond motifs is 4. The second-order valence-corrected chi connectivity index (χ2v) is 8.07. The molecule has 0 spiro atoms. The van der Waals surface area contributed by atoms with Crippen LogP contribution in [0.5, 0.6) is 17.2 Å². The Morgan fingerprint density at radius 2 is 2.07 bits per heavy atom. The number of aromatic nitrogens is 2. The molecule has 28 heavy (non-hydrogen) atoms. The number of H-pyrrole nitrogens is 1. The lowest BCUT2D eigenvalue weighted by Gasteiger charge is -2.05. The fraction of sp³-hybridized carbons (Fsp3) is 0.333. The Hall–Kier alpha value is -2.80. The van der Waals surface area contributed by atoms with Crippen LogP contribution in [0.25, 0.3) is 22.4 Å². The van der Waals surface area contributed by atoms with Crippen LogP contribution in [-0.2, 0) is 12.8 Å². The molecule has 0 atom stereocenters. The van der Waals surface area contributed by atoms with Crippen LogP contribution >= 0.6 is 11.3 Å². The van der Waals surface area contributed by atoms with E-state index in [4.69, 9.17) is 19.2 Å². The summed E-state index contributed by atoms with van der Waals surface area (Å²) in [6, 6.07) is 3.75. The van der Waals surface area contributed by atoms with Crippen molar-refractivity contribution in [1.82, 2.24) is 9.97 Å². The summed E-state index contributed by atoms with van der Waals surface area (Å²) < 4.78 is 16.3. The van der Waals surface area contributed by atoms with Crippen molar-refractivity contribution in [2.24, 2.45) is 0 Å². The number of nitrogens with one attached hydrogen (secondary N) is 1. The van der Waals surface area contributed by atoms with Crippen molar-refractivity contribution < 1.29 is 14.2 Å². The molecule has 5 rings (SSSR count).